The van der Waals surface area contributed by atoms with Gasteiger partial charge in [-0.3, -0.25) is 9.88 Å². The third-order valence-corrected chi connectivity index (χ3v) is 7.05. The number of rotatable bonds is 3. The zero-order valence-corrected chi connectivity index (χ0v) is 18.8. The Balaban J connectivity index is 1.22. The van der Waals surface area contributed by atoms with Crippen molar-refractivity contribution in [2.75, 3.05) is 44.7 Å². The molecule has 32 heavy (non-hydrogen) atoms. The number of aromatic nitrogens is 3. The summed E-state index contributed by atoms with van der Waals surface area (Å²) in [5.41, 5.74) is 6.62. The summed E-state index contributed by atoms with van der Waals surface area (Å²) >= 11 is 0. The second-order valence-electron chi connectivity index (χ2n) is 9.23. The number of anilines is 1. The van der Waals surface area contributed by atoms with Crippen LogP contribution in [0.3, 0.4) is 0 Å². The topological polar surface area (TPSA) is 61.5 Å². The maximum atomic E-state index is 5.60. The molecule has 4 aromatic rings. The normalized spacial score (nSPS) is 20.8. The van der Waals surface area contributed by atoms with Crippen LogP contribution >= 0.6 is 0 Å². The van der Waals surface area contributed by atoms with Gasteiger partial charge < -0.3 is 14.2 Å². The smallest absolute Gasteiger partial charge is 0.192 e. The van der Waals surface area contributed by atoms with Gasteiger partial charge in [-0.1, -0.05) is 0 Å². The standard InChI is InChI=1S/C25H28N6O/c1-16-13-30(9-8-29(16)3)20-14-31(15-20)19-11-23-22(26-12-19)6-5-21(28-23)18-4-7-25-24(10-18)27-17(2)32-25/h4-7,10-12,16,20H,8-9,13-15H2,1-3H3/t16-/m0/s1. The Hall–Kier alpha value is -3.03. The number of hydrogen-bond donors (Lipinski definition) is 0. The highest BCUT2D eigenvalue weighted by atomic mass is 16.3. The molecule has 2 aliphatic rings. The first-order valence-corrected chi connectivity index (χ1v) is 11.4. The van der Waals surface area contributed by atoms with Crippen LogP contribution in [0.25, 0.3) is 33.4 Å². The van der Waals surface area contributed by atoms with E-state index in [4.69, 9.17) is 9.40 Å². The number of fused-ring (bicyclic) bond motifs is 2. The third kappa shape index (κ3) is 3.42. The summed E-state index contributed by atoms with van der Waals surface area (Å²) in [7, 11) is 2.22. The molecule has 0 unspecified atom stereocenters. The molecule has 0 radical (unpaired) electrons. The molecule has 1 atom stereocenters. The zero-order chi connectivity index (χ0) is 21.8. The predicted octanol–water partition coefficient (Wildman–Crippen LogP) is 3.57. The first-order chi connectivity index (χ1) is 15.5. The molecule has 1 aromatic carbocycles. The van der Waals surface area contributed by atoms with Crippen LogP contribution in [-0.2, 0) is 0 Å². The van der Waals surface area contributed by atoms with Gasteiger partial charge in [-0.05, 0) is 50.4 Å². The molecule has 3 aromatic heterocycles. The Bertz CT molecular complexity index is 1290. The summed E-state index contributed by atoms with van der Waals surface area (Å²) in [5.74, 6) is 0.677. The molecule has 2 aliphatic heterocycles. The summed E-state index contributed by atoms with van der Waals surface area (Å²) < 4.78 is 5.60. The van der Waals surface area contributed by atoms with E-state index in [0.29, 0.717) is 18.0 Å². The minimum absolute atomic E-state index is 0.628. The van der Waals surface area contributed by atoms with Crippen molar-refractivity contribution in [3.8, 4) is 11.3 Å². The maximum absolute atomic E-state index is 5.60. The van der Waals surface area contributed by atoms with Crippen LogP contribution in [0.4, 0.5) is 5.69 Å². The molecule has 5 heterocycles. The second-order valence-corrected chi connectivity index (χ2v) is 9.23. The number of aryl methyl sites for hydroxylation is 1. The van der Waals surface area contributed by atoms with E-state index in [0.717, 1.165) is 71.8 Å². The maximum Gasteiger partial charge on any atom is 0.192 e. The molecule has 0 aliphatic carbocycles. The second kappa shape index (κ2) is 7.53. The first-order valence-electron chi connectivity index (χ1n) is 11.4. The average molecular weight is 429 g/mol. The molecule has 0 bridgehead atoms. The van der Waals surface area contributed by atoms with Crippen molar-refractivity contribution in [3.05, 3.63) is 48.5 Å². The zero-order valence-electron chi connectivity index (χ0n) is 18.8. The van der Waals surface area contributed by atoms with Crippen LogP contribution < -0.4 is 4.90 Å². The van der Waals surface area contributed by atoms with E-state index in [-0.39, 0.29) is 0 Å². The lowest BCUT2D eigenvalue weighted by Gasteiger charge is -2.50. The van der Waals surface area contributed by atoms with Gasteiger partial charge in [0.2, 0.25) is 0 Å². The minimum Gasteiger partial charge on any atom is -0.441 e. The first kappa shape index (κ1) is 19.6. The molecule has 2 fully saturated rings. The molecule has 7 heteroatoms. The summed E-state index contributed by atoms with van der Waals surface area (Å²) in [5, 5.41) is 0. The number of piperazine rings is 1. The van der Waals surface area contributed by atoms with Gasteiger partial charge in [0.1, 0.15) is 5.52 Å². The molecular formula is C25H28N6O. The Morgan fingerprint density at radius 2 is 1.81 bits per heavy atom. The van der Waals surface area contributed by atoms with Crippen LogP contribution in [0.1, 0.15) is 12.8 Å². The lowest BCUT2D eigenvalue weighted by molar-refractivity contribution is 0.0612. The van der Waals surface area contributed by atoms with E-state index in [1.54, 1.807) is 0 Å². The van der Waals surface area contributed by atoms with Gasteiger partial charge in [-0.25, -0.2) is 9.97 Å². The predicted molar refractivity (Wildman–Crippen MR) is 127 cm³/mol. The third-order valence-electron chi connectivity index (χ3n) is 7.05. The fourth-order valence-electron chi connectivity index (χ4n) is 4.84. The van der Waals surface area contributed by atoms with Crippen molar-refractivity contribution >= 4 is 27.8 Å². The van der Waals surface area contributed by atoms with E-state index in [9.17, 15) is 0 Å². The van der Waals surface area contributed by atoms with E-state index in [2.05, 4.69) is 44.7 Å². The number of hydrogen-bond acceptors (Lipinski definition) is 7. The lowest BCUT2D eigenvalue weighted by atomic mass is 10.0. The Kier molecular flexibility index (Phi) is 4.62. The molecular weight excluding hydrogens is 400 g/mol. The molecule has 0 amide bonds. The largest absolute Gasteiger partial charge is 0.441 e. The highest BCUT2D eigenvalue weighted by Gasteiger charge is 2.35. The number of benzene rings is 1. The fraction of sp³-hybridized carbons (Fsp3) is 0.400. The Labute approximate surface area is 187 Å². The van der Waals surface area contributed by atoms with Crippen molar-refractivity contribution in [3.63, 3.8) is 0 Å². The van der Waals surface area contributed by atoms with Crippen molar-refractivity contribution < 1.29 is 4.42 Å². The van der Waals surface area contributed by atoms with Crippen LogP contribution in [0.2, 0.25) is 0 Å². The average Bonchev–Trinajstić information content (AvgIpc) is 3.14. The lowest BCUT2D eigenvalue weighted by Crippen LogP contribution is -2.64. The monoisotopic (exact) mass is 428 g/mol. The van der Waals surface area contributed by atoms with E-state index >= 15 is 0 Å². The van der Waals surface area contributed by atoms with Crippen molar-refractivity contribution in [2.45, 2.75) is 25.9 Å². The van der Waals surface area contributed by atoms with Gasteiger partial charge in [-0.2, -0.15) is 0 Å². The highest BCUT2D eigenvalue weighted by Crippen LogP contribution is 2.29. The molecule has 0 saturated carbocycles. The van der Waals surface area contributed by atoms with Gasteiger partial charge >= 0.3 is 0 Å². The molecule has 2 saturated heterocycles. The minimum atomic E-state index is 0.628. The van der Waals surface area contributed by atoms with Gasteiger partial charge in [-0.15, -0.1) is 0 Å². The van der Waals surface area contributed by atoms with E-state index < -0.39 is 0 Å². The summed E-state index contributed by atoms with van der Waals surface area (Å²) in [6.07, 6.45) is 1.98. The highest BCUT2D eigenvalue weighted by molar-refractivity contribution is 5.84. The number of nitrogens with zero attached hydrogens (tertiary/aromatic N) is 6. The van der Waals surface area contributed by atoms with Crippen LogP contribution in [0.5, 0.6) is 0 Å². The molecule has 0 N–H and O–H groups in total. The van der Waals surface area contributed by atoms with Crippen LogP contribution in [0, 0.1) is 6.92 Å². The van der Waals surface area contributed by atoms with Crippen molar-refractivity contribution in [1.29, 1.82) is 0 Å². The van der Waals surface area contributed by atoms with Gasteiger partial charge in [0.15, 0.2) is 11.5 Å². The summed E-state index contributed by atoms with van der Waals surface area (Å²) in [6, 6.07) is 13.5. The Morgan fingerprint density at radius 3 is 2.66 bits per heavy atom. The van der Waals surface area contributed by atoms with Crippen LogP contribution in [-0.4, -0.2) is 76.6 Å². The molecule has 6 rings (SSSR count). The molecule has 164 valence electrons. The van der Waals surface area contributed by atoms with E-state index in [1.807, 2.05) is 43.5 Å². The molecule has 7 nitrogen and oxygen atoms in total. The van der Waals surface area contributed by atoms with Gasteiger partial charge in [0.25, 0.3) is 0 Å². The summed E-state index contributed by atoms with van der Waals surface area (Å²) in [4.78, 5) is 21.6. The number of likely N-dealkylation sites (N-methyl/N-ethyl adjacent to an activating group) is 1. The molecule has 0 spiro atoms. The number of oxazole rings is 1. The van der Waals surface area contributed by atoms with Gasteiger partial charge in [0, 0.05) is 57.3 Å². The van der Waals surface area contributed by atoms with Crippen molar-refractivity contribution in [1.82, 2.24) is 24.8 Å². The van der Waals surface area contributed by atoms with Crippen LogP contribution in [0.15, 0.2) is 47.0 Å². The van der Waals surface area contributed by atoms with Gasteiger partial charge in [0.05, 0.1) is 28.6 Å². The Morgan fingerprint density at radius 1 is 0.938 bits per heavy atom. The number of pyridine rings is 2. The summed E-state index contributed by atoms with van der Waals surface area (Å²) in [6.45, 7) is 9.78. The quantitative estimate of drug-likeness (QED) is 0.494. The SMILES string of the molecule is Cc1nc2cc(-c3ccc4ncc(N5CC(N6CCN(C)[C@@H](C)C6)C5)cc4n3)ccc2o1. The van der Waals surface area contributed by atoms with E-state index in [1.165, 1.54) is 0 Å². The fourth-order valence-corrected chi connectivity index (χ4v) is 4.84. The van der Waals surface area contributed by atoms with Crippen molar-refractivity contribution in [2.24, 2.45) is 0 Å².